The molecule has 1 heterocycles. The van der Waals surface area contributed by atoms with Gasteiger partial charge in [0.25, 0.3) is 0 Å². The van der Waals surface area contributed by atoms with E-state index in [-0.39, 0.29) is 6.61 Å². The second-order valence-corrected chi connectivity index (χ2v) is 4.71. The van der Waals surface area contributed by atoms with E-state index in [9.17, 15) is 4.79 Å². The zero-order chi connectivity index (χ0) is 13.9. The predicted molar refractivity (Wildman–Crippen MR) is 76.6 cm³/mol. The van der Waals surface area contributed by atoms with Crippen LogP contribution >= 0.6 is 0 Å². The van der Waals surface area contributed by atoms with Gasteiger partial charge in [-0.3, -0.25) is 4.90 Å². The molecule has 0 saturated carbocycles. The topological polar surface area (TPSA) is 49.8 Å². The lowest BCUT2D eigenvalue weighted by atomic mass is 10.1. The van der Waals surface area contributed by atoms with Gasteiger partial charge < -0.3 is 9.84 Å². The fourth-order valence-electron chi connectivity index (χ4n) is 2.29. The van der Waals surface area contributed by atoms with Crippen molar-refractivity contribution in [1.29, 1.82) is 0 Å². The van der Waals surface area contributed by atoms with Crippen LogP contribution in [0.1, 0.15) is 0 Å². The Balaban J connectivity index is 1.82. The van der Waals surface area contributed by atoms with Crippen molar-refractivity contribution in [2.75, 3.05) is 18.1 Å². The van der Waals surface area contributed by atoms with E-state index in [2.05, 4.69) is 0 Å². The summed E-state index contributed by atoms with van der Waals surface area (Å²) >= 11 is 0. The number of aliphatic hydroxyl groups is 1. The van der Waals surface area contributed by atoms with Gasteiger partial charge in [-0.15, -0.1) is 0 Å². The molecule has 1 aliphatic heterocycles. The highest BCUT2D eigenvalue weighted by Crippen LogP contribution is 2.25. The fraction of sp³-hybridized carbons (Fsp3) is 0.188. The average molecular weight is 269 g/mol. The standard InChI is InChI=1S/C16H15NO3/c18-11-15-10-17(16(19)20-15)14-8-6-13(7-9-14)12-4-2-1-3-5-12/h1-9,15,18H,10-11H2. The molecule has 1 fully saturated rings. The van der Waals surface area contributed by atoms with Crippen LogP contribution in [-0.4, -0.2) is 30.5 Å². The maximum atomic E-state index is 11.7. The SMILES string of the molecule is O=C1OC(CO)CN1c1ccc(-c2ccccc2)cc1. The number of amides is 1. The fourth-order valence-corrected chi connectivity index (χ4v) is 2.29. The molecule has 0 bridgehead atoms. The Morgan fingerprint density at radius 2 is 1.70 bits per heavy atom. The monoisotopic (exact) mass is 269 g/mol. The van der Waals surface area contributed by atoms with Crippen molar-refractivity contribution < 1.29 is 14.6 Å². The normalized spacial score (nSPS) is 18.1. The van der Waals surface area contributed by atoms with Gasteiger partial charge in [-0.25, -0.2) is 4.79 Å². The summed E-state index contributed by atoms with van der Waals surface area (Å²) in [5, 5.41) is 9.04. The number of cyclic esters (lactones) is 1. The highest BCUT2D eigenvalue weighted by molar-refractivity contribution is 5.90. The second-order valence-electron chi connectivity index (χ2n) is 4.71. The highest BCUT2D eigenvalue weighted by atomic mass is 16.6. The number of rotatable bonds is 3. The largest absolute Gasteiger partial charge is 0.441 e. The molecular weight excluding hydrogens is 254 g/mol. The molecule has 1 amide bonds. The van der Waals surface area contributed by atoms with Crippen LogP contribution in [0.15, 0.2) is 54.6 Å². The third kappa shape index (κ3) is 2.38. The van der Waals surface area contributed by atoms with Gasteiger partial charge in [-0.05, 0) is 23.3 Å². The van der Waals surface area contributed by atoms with Gasteiger partial charge >= 0.3 is 6.09 Å². The smallest absolute Gasteiger partial charge is 0.414 e. The molecular formula is C16H15NO3. The first-order chi connectivity index (χ1) is 9.78. The second kappa shape index (κ2) is 5.35. The molecule has 2 aromatic rings. The lowest BCUT2D eigenvalue weighted by Gasteiger charge is -2.13. The summed E-state index contributed by atoms with van der Waals surface area (Å²) in [7, 11) is 0. The van der Waals surface area contributed by atoms with Crippen molar-refractivity contribution >= 4 is 11.8 Å². The van der Waals surface area contributed by atoms with Crippen molar-refractivity contribution in [2.24, 2.45) is 0 Å². The summed E-state index contributed by atoms with van der Waals surface area (Å²) in [5.41, 5.74) is 3.02. The number of ether oxygens (including phenoxy) is 1. The van der Waals surface area contributed by atoms with Gasteiger partial charge in [0, 0.05) is 5.69 Å². The average Bonchev–Trinajstić information content (AvgIpc) is 2.89. The molecule has 0 radical (unpaired) electrons. The molecule has 4 nitrogen and oxygen atoms in total. The minimum absolute atomic E-state index is 0.148. The van der Waals surface area contributed by atoms with E-state index in [1.54, 1.807) is 0 Å². The molecule has 1 unspecified atom stereocenters. The summed E-state index contributed by atoms with van der Waals surface area (Å²) in [6.45, 7) is 0.240. The predicted octanol–water partition coefficient (Wildman–Crippen LogP) is 2.67. The molecule has 0 aliphatic carbocycles. The van der Waals surface area contributed by atoms with Gasteiger partial charge in [0.2, 0.25) is 0 Å². The molecule has 0 aromatic heterocycles. The first kappa shape index (κ1) is 12.7. The number of carbonyl (C=O) groups is 1. The van der Waals surface area contributed by atoms with Crippen LogP contribution in [0.2, 0.25) is 0 Å². The lowest BCUT2D eigenvalue weighted by Crippen LogP contribution is -2.25. The first-order valence-electron chi connectivity index (χ1n) is 6.52. The molecule has 1 N–H and O–H groups in total. The van der Waals surface area contributed by atoms with E-state index in [0.29, 0.717) is 6.54 Å². The molecule has 2 aromatic carbocycles. The molecule has 1 atom stereocenters. The number of hydrogen-bond donors (Lipinski definition) is 1. The Labute approximate surface area is 117 Å². The van der Waals surface area contributed by atoms with Gasteiger partial charge in [-0.2, -0.15) is 0 Å². The zero-order valence-electron chi connectivity index (χ0n) is 10.9. The first-order valence-corrected chi connectivity index (χ1v) is 6.52. The van der Waals surface area contributed by atoms with Crippen LogP contribution in [-0.2, 0) is 4.74 Å². The van der Waals surface area contributed by atoms with Crippen LogP contribution in [0.4, 0.5) is 10.5 Å². The van der Waals surface area contributed by atoms with Crippen LogP contribution in [0, 0.1) is 0 Å². The number of anilines is 1. The highest BCUT2D eigenvalue weighted by Gasteiger charge is 2.31. The van der Waals surface area contributed by atoms with Gasteiger partial charge in [0.1, 0.15) is 6.10 Å². The molecule has 3 rings (SSSR count). The van der Waals surface area contributed by atoms with Crippen molar-refractivity contribution in [3.63, 3.8) is 0 Å². The van der Waals surface area contributed by atoms with Gasteiger partial charge in [-0.1, -0.05) is 42.5 Å². The third-order valence-electron chi connectivity index (χ3n) is 3.36. The Kier molecular flexibility index (Phi) is 3.39. The molecule has 1 aliphatic rings. The summed E-state index contributed by atoms with van der Waals surface area (Å²) in [6.07, 6.45) is -0.840. The van der Waals surface area contributed by atoms with Crippen molar-refractivity contribution in [1.82, 2.24) is 0 Å². The zero-order valence-corrected chi connectivity index (χ0v) is 10.9. The number of carbonyl (C=O) groups excluding carboxylic acids is 1. The quantitative estimate of drug-likeness (QED) is 0.932. The van der Waals surface area contributed by atoms with E-state index in [4.69, 9.17) is 9.84 Å². The molecule has 102 valence electrons. The van der Waals surface area contributed by atoms with Crippen LogP contribution in [0.25, 0.3) is 11.1 Å². The van der Waals surface area contributed by atoms with Gasteiger partial charge in [0.15, 0.2) is 0 Å². The number of hydrogen-bond acceptors (Lipinski definition) is 3. The Morgan fingerprint density at radius 3 is 2.30 bits per heavy atom. The molecule has 20 heavy (non-hydrogen) atoms. The Hall–Kier alpha value is -2.33. The molecule has 4 heteroatoms. The van der Waals surface area contributed by atoms with Crippen molar-refractivity contribution in [3.05, 3.63) is 54.6 Å². The van der Waals surface area contributed by atoms with E-state index in [1.165, 1.54) is 4.90 Å². The Morgan fingerprint density at radius 1 is 1.05 bits per heavy atom. The summed E-state index contributed by atoms with van der Waals surface area (Å²) in [6, 6.07) is 17.8. The van der Waals surface area contributed by atoms with Crippen molar-refractivity contribution in [3.8, 4) is 11.1 Å². The van der Waals surface area contributed by atoms with E-state index >= 15 is 0 Å². The summed E-state index contributed by atoms with van der Waals surface area (Å²) in [5.74, 6) is 0. The van der Waals surface area contributed by atoms with E-state index < -0.39 is 12.2 Å². The van der Waals surface area contributed by atoms with Crippen molar-refractivity contribution in [2.45, 2.75) is 6.10 Å². The summed E-state index contributed by atoms with van der Waals surface area (Å²) in [4.78, 5) is 13.2. The van der Waals surface area contributed by atoms with E-state index in [0.717, 1.165) is 16.8 Å². The Bertz CT molecular complexity index is 595. The number of aliphatic hydroxyl groups excluding tert-OH is 1. The number of benzene rings is 2. The minimum Gasteiger partial charge on any atom is -0.441 e. The van der Waals surface area contributed by atoms with Crippen LogP contribution < -0.4 is 4.90 Å². The molecule has 1 saturated heterocycles. The van der Waals surface area contributed by atoms with Crippen LogP contribution in [0.3, 0.4) is 0 Å². The summed E-state index contributed by atoms with van der Waals surface area (Å²) < 4.78 is 5.03. The van der Waals surface area contributed by atoms with Crippen LogP contribution in [0.5, 0.6) is 0 Å². The maximum Gasteiger partial charge on any atom is 0.414 e. The van der Waals surface area contributed by atoms with E-state index in [1.807, 2.05) is 54.6 Å². The maximum absolute atomic E-state index is 11.7. The third-order valence-corrected chi connectivity index (χ3v) is 3.36. The minimum atomic E-state index is -0.434. The van der Waals surface area contributed by atoms with Gasteiger partial charge in [0.05, 0.1) is 13.2 Å². The lowest BCUT2D eigenvalue weighted by molar-refractivity contribution is 0.0963. The molecule has 0 spiro atoms. The number of nitrogens with zero attached hydrogens (tertiary/aromatic N) is 1.